The van der Waals surface area contributed by atoms with Crippen LogP contribution in [0.2, 0.25) is 0 Å². The predicted octanol–water partition coefficient (Wildman–Crippen LogP) is 21.3. The molecule has 12 aromatic rings. The number of ether oxygens (including phenoxy) is 1. The van der Waals surface area contributed by atoms with Crippen LogP contribution in [0.3, 0.4) is 0 Å². The molecule has 384 valence electrons. The van der Waals surface area contributed by atoms with Crippen LogP contribution >= 0.6 is 0 Å². The van der Waals surface area contributed by atoms with E-state index in [4.69, 9.17) is 9.15 Å². The fraction of sp³-hybridized carbons (Fsp3) is 0.200. The maximum absolute atomic E-state index is 7.39. The molecule has 0 bridgehead atoms. The van der Waals surface area contributed by atoms with Gasteiger partial charge in [0.25, 0.3) is 0 Å². The van der Waals surface area contributed by atoms with Gasteiger partial charge >= 0.3 is 0 Å². The number of hydrogen-bond acceptors (Lipinski definition) is 2. The van der Waals surface area contributed by atoms with E-state index in [2.05, 4.69) is 264 Å². The van der Waals surface area contributed by atoms with Crippen molar-refractivity contribution < 1.29 is 9.15 Å². The molecule has 13 rings (SSSR count). The second-order valence-corrected chi connectivity index (χ2v) is 22.5. The molecule has 10 aromatic carbocycles. The second kappa shape index (κ2) is 19.9. The normalized spacial score (nSPS) is 14.7. The first kappa shape index (κ1) is 49.2. The van der Waals surface area contributed by atoms with Gasteiger partial charge in [-0.05, 0) is 172 Å². The standard InChI is InChI=1S/C75H67NO2/c1-7-41-74(5,9-3)56-47-63(49-21-12-11-13-22-49)73(78-75(6,10-4)42-8-2)64(48-56)50-31-33-51(34-32-50)72-61-28-15-14-25-58(61)65-44-53(35-38-62(65)72)55-37-40-71-67(46-55)66-45-54(36-39-70(66)77-71)52-23-20-24-57(43-52)76-68-29-18-16-26-59(68)60-27-17-19-30-69(60)76/h11-40,43-48,72H,7-10,41-42H2,1-6H3. The molecule has 2 aromatic heterocycles. The van der Waals surface area contributed by atoms with Gasteiger partial charge in [0.2, 0.25) is 0 Å². The highest BCUT2D eigenvalue weighted by Gasteiger charge is 2.33. The van der Waals surface area contributed by atoms with E-state index < -0.39 is 0 Å². The Bertz CT molecular complexity index is 4160. The molecular weight excluding hydrogens is 947 g/mol. The molecule has 78 heavy (non-hydrogen) atoms. The first-order chi connectivity index (χ1) is 38.2. The number of furan rings is 1. The van der Waals surface area contributed by atoms with Crippen molar-refractivity contribution >= 4 is 43.7 Å². The molecule has 0 saturated carbocycles. The third-order valence-electron chi connectivity index (χ3n) is 17.6. The van der Waals surface area contributed by atoms with E-state index in [1.165, 1.54) is 88.6 Å². The van der Waals surface area contributed by atoms with Gasteiger partial charge in [-0.3, -0.25) is 0 Å². The van der Waals surface area contributed by atoms with Gasteiger partial charge in [-0.25, -0.2) is 0 Å². The quantitative estimate of drug-likeness (QED) is 0.102. The van der Waals surface area contributed by atoms with Crippen LogP contribution in [-0.2, 0) is 5.41 Å². The molecule has 0 radical (unpaired) electrons. The zero-order chi connectivity index (χ0) is 53.1. The smallest absolute Gasteiger partial charge is 0.135 e. The van der Waals surface area contributed by atoms with Crippen molar-refractivity contribution in [3.8, 4) is 67.1 Å². The average Bonchev–Trinajstić information content (AvgIpc) is 4.29. The summed E-state index contributed by atoms with van der Waals surface area (Å²) in [6, 6.07) is 81.1. The Morgan fingerprint density at radius 3 is 1.60 bits per heavy atom. The van der Waals surface area contributed by atoms with Gasteiger partial charge < -0.3 is 13.7 Å². The number of benzene rings is 10. The van der Waals surface area contributed by atoms with Gasteiger partial charge in [-0.1, -0.05) is 199 Å². The Balaban J connectivity index is 0.862. The summed E-state index contributed by atoms with van der Waals surface area (Å²) in [7, 11) is 0. The Hall–Kier alpha value is -8.40. The molecule has 1 aliphatic rings. The topological polar surface area (TPSA) is 27.3 Å². The third-order valence-corrected chi connectivity index (χ3v) is 17.6. The van der Waals surface area contributed by atoms with Crippen molar-refractivity contribution in [1.29, 1.82) is 0 Å². The molecule has 3 nitrogen and oxygen atoms in total. The maximum atomic E-state index is 7.39. The third kappa shape index (κ3) is 8.43. The van der Waals surface area contributed by atoms with Crippen LogP contribution in [0.4, 0.5) is 0 Å². The van der Waals surface area contributed by atoms with E-state index in [0.717, 1.165) is 83.0 Å². The summed E-state index contributed by atoms with van der Waals surface area (Å²) >= 11 is 0. The van der Waals surface area contributed by atoms with E-state index in [1.807, 2.05) is 0 Å². The van der Waals surface area contributed by atoms with E-state index in [-0.39, 0.29) is 16.9 Å². The lowest BCUT2D eigenvalue weighted by Crippen LogP contribution is -2.32. The van der Waals surface area contributed by atoms with Crippen molar-refractivity contribution in [3.05, 3.63) is 241 Å². The molecule has 0 amide bonds. The van der Waals surface area contributed by atoms with E-state index in [0.29, 0.717) is 0 Å². The van der Waals surface area contributed by atoms with Gasteiger partial charge in [0.1, 0.15) is 22.5 Å². The largest absolute Gasteiger partial charge is 0.486 e. The summed E-state index contributed by atoms with van der Waals surface area (Å²) < 4.78 is 16.3. The number of rotatable bonds is 15. The molecule has 2 heterocycles. The number of hydrogen-bond donors (Lipinski definition) is 0. The van der Waals surface area contributed by atoms with Crippen LogP contribution < -0.4 is 4.74 Å². The summed E-state index contributed by atoms with van der Waals surface area (Å²) in [5, 5.41) is 4.76. The summed E-state index contributed by atoms with van der Waals surface area (Å²) in [4.78, 5) is 0. The fourth-order valence-electron chi connectivity index (χ4n) is 13.0. The highest BCUT2D eigenvalue weighted by molar-refractivity contribution is 6.10. The van der Waals surface area contributed by atoms with Crippen molar-refractivity contribution in [1.82, 2.24) is 4.57 Å². The number of aromatic nitrogens is 1. The molecule has 3 heteroatoms. The lowest BCUT2D eigenvalue weighted by atomic mass is 9.74. The van der Waals surface area contributed by atoms with Crippen LogP contribution in [0, 0.1) is 0 Å². The van der Waals surface area contributed by atoms with Crippen LogP contribution in [0.15, 0.2) is 223 Å². The highest BCUT2D eigenvalue weighted by atomic mass is 16.5. The van der Waals surface area contributed by atoms with Crippen molar-refractivity contribution in [2.75, 3.05) is 0 Å². The summed E-state index contributed by atoms with van der Waals surface area (Å²) in [6.07, 6.45) is 6.29. The zero-order valence-electron chi connectivity index (χ0n) is 45.9. The maximum Gasteiger partial charge on any atom is 0.135 e. The summed E-state index contributed by atoms with van der Waals surface area (Å²) in [5.41, 5.74) is 22.4. The fourth-order valence-corrected chi connectivity index (χ4v) is 13.0. The van der Waals surface area contributed by atoms with Crippen LogP contribution in [0.25, 0.3) is 105 Å². The van der Waals surface area contributed by atoms with Crippen LogP contribution in [0.5, 0.6) is 5.75 Å². The van der Waals surface area contributed by atoms with Crippen LogP contribution in [0.1, 0.15) is 108 Å². The second-order valence-electron chi connectivity index (χ2n) is 22.5. The Morgan fingerprint density at radius 1 is 0.423 bits per heavy atom. The molecule has 3 unspecified atom stereocenters. The minimum atomic E-state index is -0.298. The predicted molar refractivity (Wildman–Crippen MR) is 329 cm³/mol. The average molecular weight is 1010 g/mol. The minimum Gasteiger partial charge on any atom is -0.486 e. The SMILES string of the molecule is CCCC(C)(CC)Oc1c(-c2ccccc2)cc(C(C)(CC)CCC)cc1-c1ccc(C2c3ccccc3-c3cc(-c4ccc5oc6ccc(-c7cccc(-n8c9ccccc9c9ccccc98)c7)cc6c5c4)ccc32)cc1. The number of fused-ring (bicyclic) bond motifs is 9. The van der Waals surface area contributed by atoms with Crippen molar-refractivity contribution in [3.63, 3.8) is 0 Å². The first-order valence-corrected chi connectivity index (χ1v) is 28.5. The number of nitrogens with zero attached hydrogens (tertiary/aromatic N) is 1. The Morgan fingerprint density at radius 2 is 0.962 bits per heavy atom. The lowest BCUT2D eigenvalue weighted by molar-refractivity contribution is 0.0754. The van der Waals surface area contributed by atoms with Gasteiger partial charge in [-0.2, -0.15) is 0 Å². The molecule has 1 aliphatic carbocycles. The zero-order valence-corrected chi connectivity index (χ0v) is 45.9. The van der Waals surface area contributed by atoms with Gasteiger partial charge in [0.15, 0.2) is 0 Å². The highest BCUT2D eigenvalue weighted by Crippen LogP contribution is 2.51. The lowest BCUT2D eigenvalue weighted by Gasteiger charge is -2.34. The van der Waals surface area contributed by atoms with Crippen LogP contribution in [-0.4, -0.2) is 10.2 Å². The molecule has 0 fully saturated rings. The van der Waals surface area contributed by atoms with Gasteiger partial charge in [0, 0.05) is 44.3 Å². The van der Waals surface area contributed by atoms with Crippen molar-refractivity contribution in [2.45, 2.75) is 97.0 Å². The molecular formula is C75H67NO2. The van der Waals surface area contributed by atoms with E-state index in [9.17, 15) is 0 Å². The van der Waals surface area contributed by atoms with Gasteiger partial charge in [0.05, 0.1) is 11.0 Å². The number of para-hydroxylation sites is 2. The Labute approximate surface area is 459 Å². The first-order valence-electron chi connectivity index (χ1n) is 28.5. The van der Waals surface area contributed by atoms with E-state index in [1.54, 1.807) is 0 Å². The van der Waals surface area contributed by atoms with Crippen molar-refractivity contribution in [2.24, 2.45) is 0 Å². The summed E-state index contributed by atoms with van der Waals surface area (Å²) in [6.45, 7) is 13.9. The van der Waals surface area contributed by atoms with Gasteiger partial charge in [-0.15, -0.1) is 0 Å². The monoisotopic (exact) mass is 1010 g/mol. The minimum absolute atomic E-state index is 0.0323. The molecule has 0 N–H and O–H groups in total. The molecule has 0 aliphatic heterocycles. The molecule has 0 saturated heterocycles. The molecule has 3 atom stereocenters. The van der Waals surface area contributed by atoms with E-state index >= 15 is 0 Å². The molecule has 0 spiro atoms. The summed E-state index contributed by atoms with van der Waals surface area (Å²) in [5.74, 6) is 1.09. The Kier molecular flexibility index (Phi) is 12.5.